The van der Waals surface area contributed by atoms with Crippen LogP contribution in [-0.2, 0) is 22.4 Å². The Bertz CT molecular complexity index is 947. The van der Waals surface area contributed by atoms with Gasteiger partial charge in [-0.05, 0) is 39.2 Å². The van der Waals surface area contributed by atoms with Crippen molar-refractivity contribution >= 4 is 34.5 Å². The number of aryl methyl sites for hydroxylation is 1. The normalized spacial score (nSPS) is 15.8. The fraction of sp³-hybridized carbons (Fsp3) is 0.333. The molecule has 0 saturated heterocycles. The van der Waals surface area contributed by atoms with Gasteiger partial charge in [0.05, 0.1) is 7.11 Å². The zero-order chi connectivity index (χ0) is 19.7. The summed E-state index contributed by atoms with van der Waals surface area (Å²) in [5, 5.41) is 1.28. The van der Waals surface area contributed by atoms with Gasteiger partial charge in [0, 0.05) is 32.8 Å². The Kier molecular flexibility index (Phi) is 5.42. The predicted molar refractivity (Wildman–Crippen MR) is 104 cm³/mol. The van der Waals surface area contributed by atoms with Crippen molar-refractivity contribution in [1.29, 1.82) is 0 Å². The Morgan fingerprint density at radius 1 is 1.15 bits per heavy atom. The van der Waals surface area contributed by atoms with E-state index in [0.29, 0.717) is 40.7 Å². The SMILES string of the molecule is C=C(C)C(=O)Oc1c2c(c(OC(=O)OC)c3cc(C)ccc13)CCC(Cl)C2. The molecule has 0 fully saturated rings. The third-order valence-corrected chi connectivity index (χ3v) is 4.98. The Balaban J connectivity index is 2.31. The van der Waals surface area contributed by atoms with E-state index in [2.05, 4.69) is 11.3 Å². The van der Waals surface area contributed by atoms with Crippen molar-refractivity contribution in [3.8, 4) is 11.5 Å². The molecule has 1 atom stereocenters. The summed E-state index contributed by atoms with van der Waals surface area (Å²) < 4.78 is 15.9. The lowest BCUT2D eigenvalue weighted by molar-refractivity contribution is -0.130. The first kappa shape index (κ1) is 19.2. The predicted octanol–water partition coefficient (Wildman–Crippen LogP) is 4.87. The van der Waals surface area contributed by atoms with E-state index in [4.69, 9.17) is 21.1 Å². The molecule has 0 amide bonds. The van der Waals surface area contributed by atoms with Gasteiger partial charge >= 0.3 is 12.1 Å². The van der Waals surface area contributed by atoms with Crippen LogP contribution in [0.4, 0.5) is 4.79 Å². The number of carbonyl (C=O) groups is 2. The number of hydrogen-bond acceptors (Lipinski definition) is 5. The highest BCUT2D eigenvalue weighted by Gasteiger charge is 2.29. The van der Waals surface area contributed by atoms with Crippen LogP contribution in [0.3, 0.4) is 0 Å². The molecule has 0 bridgehead atoms. The number of halogens is 1. The van der Waals surface area contributed by atoms with Crippen LogP contribution in [0.15, 0.2) is 30.4 Å². The standard InChI is InChI=1S/C21H21ClO5/c1-11(2)20(23)26-18-14-7-5-12(3)9-16(14)19(27-21(24)25-4)15-8-6-13(22)10-17(15)18/h5,7,9,13H,1,6,8,10H2,2-4H3. The molecule has 6 heteroatoms. The second-order valence-corrected chi connectivity index (χ2v) is 7.35. The van der Waals surface area contributed by atoms with Crippen molar-refractivity contribution in [3.05, 3.63) is 47.0 Å². The molecule has 27 heavy (non-hydrogen) atoms. The quantitative estimate of drug-likeness (QED) is 0.247. The third kappa shape index (κ3) is 3.78. The Morgan fingerprint density at radius 2 is 1.85 bits per heavy atom. The van der Waals surface area contributed by atoms with Gasteiger partial charge in [0.15, 0.2) is 0 Å². The number of fused-ring (bicyclic) bond motifs is 2. The number of methoxy groups -OCH3 is 1. The van der Waals surface area contributed by atoms with Crippen molar-refractivity contribution in [3.63, 3.8) is 0 Å². The molecule has 0 saturated carbocycles. The van der Waals surface area contributed by atoms with Crippen LogP contribution in [0.1, 0.15) is 30.0 Å². The van der Waals surface area contributed by atoms with Gasteiger partial charge in [0.1, 0.15) is 11.5 Å². The Labute approximate surface area is 162 Å². The maximum atomic E-state index is 12.2. The van der Waals surface area contributed by atoms with Crippen molar-refractivity contribution < 1.29 is 23.8 Å². The highest BCUT2D eigenvalue weighted by atomic mass is 35.5. The van der Waals surface area contributed by atoms with Gasteiger partial charge < -0.3 is 14.2 Å². The zero-order valence-corrected chi connectivity index (χ0v) is 16.3. The molecule has 1 unspecified atom stereocenters. The van der Waals surface area contributed by atoms with E-state index in [1.54, 1.807) is 6.92 Å². The van der Waals surface area contributed by atoms with E-state index >= 15 is 0 Å². The number of rotatable bonds is 3. The number of esters is 1. The zero-order valence-electron chi connectivity index (χ0n) is 15.6. The summed E-state index contributed by atoms with van der Waals surface area (Å²) in [6, 6.07) is 5.67. The van der Waals surface area contributed by atoms with Crippen LogP contribution in [0.2, 0.25) is 0 Å². The fourth-order valence-corrected chi connectivity index (χ4v) is 3.55. The maximum absolute atomic E-state index is 12.2. The summed E-state index contributed by atoms with van der Waals surface area (Å²) in [5.74, 6) is 0.391. The van der Waals surface area contributed by atoms with Crippen LogP contribution in [0.5, 0.6) is 11.5 Å². The second-order valence-electron chi connectivity index (χ2n) is 6.73. The molecule has 142 valence electrons. The average Bonchev–Trinajstić information content (AvgIpc) is 2.63. The number of benzene rings is 2. The van der Waals surface area contributed by atoms with Crippen molar-refractivity contribution in [2.45, 2.75) is 38.5 Å². The number of alkyl halides is 1. The molecule has 1 aliphatic carbocycles. The van der Waals surface area contributed by atoms with E-state index in [-0.39, 0.29) is 5.38 Å². The number of carbonyl (C=O) groups excluding carboxylic acids is 2. The Hall–Kier alpha value is -2.53. The van der Waals surface area contributed by atoms with Crippen LogP contribution in [0, 0.1) is 6.92 Å². The molecule has 0 aliphatic heterocycles. The van der Waals surface area contributed by atoms with E-state index in [1.165, 1.54) is 7.11 Å². The number of hydrogen-bond donors (Lipinski definition) is 0. The van der Waals surface area contributed by atoms with E-state index in [0.717, 1.165) is 23.1 Å². The molecule has 1 aliphatic rings. The largest absolute Gasteiger partial charge is 0.513 e. The average molecular weight is 389 g/mol. The minimum atomic E-state index is -0.792. The summed E-state index contributed by atoms with van der Waals surface area (Å²) in [6.07, 6.45) is 1.06. The maximum Gasteiger partial charge on any atom is 0.513 e. The first-order chi connectivity index (χ1) is 12.8. The topological polar surface area (TPSA) is 61.8 Å². The second kappa shape index (κ2) is 7.61. The van der Waals surface area contributed by atoms with Crippen LogP contribution < -0.4 is 9.47 Å². The Morgan fingerprint density at radius 3 is 2.52 bits per heavy atom. The van der Waals surface area contributed by atoms with Gasteiger partial charge in [-0.25, -0.2) is 9.59 Å². The van der Waals surface area contributed by atoms with Crippen LogP contribution in [0.25, 0.3) is 10.8 Å². The molecule has 2 aromatic rings. The highest BCUT2D eigenvalue weighted by Crippen LogP contribution is 2.45. The summed E-state index contributed by atoms with van der Waals surface area (Å²) >= 11 is 6.39. The van der Waals surface area contributed by atoms with Crippen molar-refractivity contribution in [2.75, 3.05) is 7.11 Å². The lowest BCUT2D eigenvalue weighted by Crippen LogP contribution is -2.20. The summed E-state index contributed by atoms with van der Waals surface area (Å²) in [4.78, 5) is 24.1. The molecule has 0 radical (unpaired) electrons. The molecule has 0 spiro atoms. The van der Waals surface area contributed by atoms with Gasteiger partial charge in [-0.15, -0.1) is 11.6 Å². The first-order valence-corrected chi connectivity index (χ1v) is 9.11. The van der Waals surface area contributed by atoms with Gasteiger partial charge in [0.2, 0.25) is 0 Å². The third-order valence-electron chi connectivity index (χ3n) is 4.61. The molecular formula is C21H21ClO5. The first-order valence-electron chi connectivity index (χ1n) is 8.67. The molecule has 5 nitrogen and oxygen atoms in total. The van der Waals surface area contributed by atoms with Gasteiger partial charge in [-0.1, -0.05) is 24.3 Å². The molecule has 0 aromatic heterocycles. The molecule has 2 aromatic carbocycles. The molecule has 0 N–H and O–H groups in total. The molecule has 0 heterocycles. The minimum absolute atomic E-state index is 0.0892. The van der Waals surface area contributed by atoms with E-state index in [9.17, 15) is 9.59 Å². The van der Waals surface area contributed by atoms with E-state index in [1.807, 2.05) is 25.1 Å². The van der Waals surface area contributed by atoms with Gasteiger partial charge in [0.25, 0.3) is 0 Å². The fourth-order valence-electron chi connectivity index (χ4n) is 3.29. The van der Waals surface area contributed by atoms with Crippen LogP contribution in [-0.4, -0.2) is 24.6 Å². The lowest BCUT2D eigenvalue weighted by atomic mass is 9.86. The summed E-state index contributed by atoms with van der Waals surface area (Å²) in [5.41, 5.74) is 2.89. The monoisotopic (exact) mass is 388 g/mol. The lowest BCUT2D eigenvalue weighted by Gasteiger charge is -2.26. The van der Waals surface area contributed by atoms with Crippen LogP contribution >= 0.6 is 11.6 Å². The molecular weight excluding hydrogens is 368 g/mol. The van der Waals surface area contributed by atoms with Gasteiger partial charge in [-0.2, -0.15) is 0 Å². The summed E-state index contributed by atoms with van der Waals surface area (Å²) in [6.45, 7) is 7.19. The van der Waals surface area contributed by atoms with Crippen molar-refractivity contribution in [1.82, 2.24) is 0 Å². The smallest absolute Gasteiger partial charge is 0.437 e. The van der Waals surface area contributed by atoms with E-state index < -0.39 is 12.1 Å². The van der Waals surface area contributed by atoms with Gasteiger partial charge in [-0.3, -0.25) is 0 Å². The highest BCUT2D eigenvalue weighted by molar-refractivity contribution is 6.21. The molecule has 3 rings (SSSR count). The number of ether oxygens (including phenoxy) is 3. The van der Waals surface area contributed by atoms with Crippen molar-refractivity contribution in [2.24, 2.45) is 0 Å². The summed E-state index contributed by atoms with van der Waals surface area (Å²) in [7, 11) is 1.26. The minimum Gasteiger partial charge on any atom is -0.437 e.